The van der Waals surface area contributed by atoms with Crippen LogP contribution in [0.1, 0.15) is 0 Å². The predicted octanol–water partition coefficient (Wildman–Crippen LogP) is 3.74. The van der Waals surface area contributed by atoms with Crippen LogP contribution in [-0.4, -0.2) is 9.97 Å². The van der Waals surface area contributed by atoms with Crippen LogP contribution in [-0.2, 0) is 0 Å². The van der Waals surface area contributed by atoms with Crippen molar-refractivity contribution in [3.8, 4) is 11.1 Å². The molecular weight excluding hydrogens is 272 g/mol. The number of halogens is 3. The van der Waals surface area contributed by atoms with Gasteiger partial charge < -0.3 is 10.7 Å². The number of anilines is 1. The number of nitrogen functional groups attached to an aromatic ring is 1. The highest BCUT2D eigenvalue weighted by Crippen LogP contribution is 2.38. The summed E-state index contributed by atoms with van der Waals surface area (Å²) >= 11 is 6.04. The van der Waals surface area contributed by atoms with Gasteiger partial charge >= 0.3 is 0 Å². The Hall–Kier alpha value is -2.14. The largest absolute Gasteiger partial charge is 0.396 e. The zero-order chi connectivity index (χ0) is 13.6. The van der Waals surface area contributed by atoms with Crippen molar-refractivity contribution in [2.75, 3.05) is 5.73 Å². The van der Waals surface area contributed by atoms with Crippen LogP contribution in [0.2, 0.25) is 5.02 Å². The topological polar surface area (TPSA) is 54.7 Å². The summed E-state index contributed by atoms with van der Waals surface area (Å²) in [5, 5.41) is 0.700. The van der Waals surface area contributed by atoms with E-state index in [1.807, 2.05) is 0 Å². The maximum absolute atomic E-state index is 14.1. The van der Waals surface area contributed by atoms with Crippen LogP contribution in [0.25, 0.3) is 22.2 Å². The molecule has 0 spiro atoms. The molecule has 0 radical (unpaired) electrons. The molecule has 1 aromatic carbocycles. The Balaban J connectivity index is 2.46. The molecule has 0 aliphatic heterocycles. The fourth-order valence-electron chi connectivity index (χ4n) is 2.04. The summed E-state index contributed by atoms with van der Waals surface area (Å²) in [7, 11) is 0. The molecule has 3 N–H and O–H groups in total. The summed E-state index contributed by atoms with van der Waals surface area (Å²) in [5.41, 5.74) is 5.86. The number of nitrogens with two attached hydrogens (primary N) is 1. The Bertz CT molecular complexity index is 783. The van der Waals surface area contributed by atoms with E-state index in [4.69, 9.17) is 17.3 Å². The summed E-state index contributed by atoms with van der Waals surface area (Å²) in [6.45, 7) is 0. The SMILES string of the molecule is Nc1ccc(F)c(-c2c(Cl)cnc3[nH]ccc23)c1F. The second kappa shape index (κ2) is 4.20. The Morgan fingerprint density at radius 3 is 2.74 bits per heavy atom. The van der Waals surface area contributed by atoms with Crippen LogP contribution in [0, 0.1) is 11.6 Å². The molecular formula is C13H8ClF2N3. The lowest BCUT2D eigenvalue weighted by atomic mass is 10.0. The van der Waals surface area contributed by atoms with Crippen molar-refractivity contribution >= 4 is 28.3 Å². The van der Waals surface area contributed by atoms with E-state index < -0.39 is 11.6 Å². The number of pyridine rings is 1. The lowest BCUT2D eigenvalue weighted by Gasteiger charge is -2.10. The molecule has 0 atom stereocenters. The van der Waals surface area contributed by atoms with Crippen molar-refractivity contribution in [3.63, 3.8) is 0 Å². The average molecular weight is 280 g/mol. The Morgan fingerprint density at radius 1 is 1.16 bits per heavy atom. The Labute approximate surface area is 112 Å². The van der Waals surface area contributed by atoms with Crippen LogP contribution in [0.4, 0.5) is 14.5 Å². The van der Waals surface area contributed by atoms with Gasteiger partial charge in [0.1, 0.15) is 11.5 Å². The maximum atomic E-state index is 14.1. The minimum absolute atomic E-state index is 0.132. The molecule has 96 valence electrons. The van der Waals surface area contributed by atoms with E-state index in [9.17, 15) is 8.78 Å². The number of benzene rings is 1. The Kier molecular flexibility index (Phi) is 2.64. The van der Waals surface area contributed by atoms with Crippen LogP contribution in [0.5, 0.6) is 0 Å². The van der Waals surface area contributed by atoms with Crippen molar-refractivity contribution in [3.05, 3.63) is 47.2 Å². The van der Waals surface area contributed by atoms with E-state index >= 15 is 0 Å². The molecule has 0 saturated heterocycles. The summed E-state index contributed by atoms with van der Waals surface area (Å²) in [4.78, 5) is 6.91. The second-order valence-corrected chi connectivity index (χ2v) is 4.45. The molecule has 3 rings (SSSR count). The van der Waals surface area contributed by atoms with E-state index in [2.05, 4.69) is 9.97 Å². The number of aromatic amines is 1. The number of fused-ring (bicyclic) bond motifs is 1. The minimum Gasteiger partial charge on any atom is -0.396 e. The normalized spacial score (nSPS) is 11.1. The molecule has 0 unspecified atom stereocenters. The third-order valence-corrected chi connectivity index (χ3v) is 3.20. The molecule has 19 heavy (non-hydrogen) atoms. The first kappa shape index (κ1) is 11.9. The molecule has 0 fully saturated rings. The fraction of sp³-hybridized carbons (Fsp3) is 0. The summed E-state index contributed by atoms with van der Waals surface area (Å²) in [6, 6.07) is 3.95. The molecule has 3 nitrogen and oxygen atoms in total. The van der Waals surface area contributed by atoms with Gasteiger partial charge in [-0.3, -0.25) is 0 Å². The highest BCUT2D eigenvalue weighted by molar-refractivity contribution is 6.34. The second-order valence-electron chi connectivity index (χ2n) is 4.05. The third-order valence-electron chi connectivity index (χ3n) is 2.91. The van der Waals surface area contributed by atoms with Gasteiger partial charge in [0.25, 0.3) is 0 Å². The zero-order valence-corrected chi connectivity index (χ0v) is 10.3. The van der Waals surface area contributed by atoms with E-state index in [-0.39, 0.29) is 21.8 Å². The summed E-state index contributed by atoms with van der Waals surface area (Å²) in [6.07, 6.45) is 2.97. The highest BCUT2D eigenvalue weighted by atomic mass is 35.5. The molecule has 0 aliphatic carbocycles. The lowest BCUT2D eigenvalue weighted by Crippen LogP contribution is -1.98. The standard InChI is InChI=1S/C13H8ClF2N3/c14-7-5-19-13-6(3-4-18-13)10(7)11-8(15)1-2-9(17)12(11)16/h1-5H,17H2,(H,18,19). The van der Waals surface area contributed by atoms with Crippen molar-refractivity contribution in [1.82, 2.24) is 9.97 Å². The third kappa shape index (κ3) is 1.74. The van der Waals surface area contributed by atoms with Gasteiger partial charge in [0.2, 0.25) is 0 Å². The van der Waals surface area contributed by atoms with Gasteiger partial charge in [0, 0.05) is 23.3 Å². The molecule has 2 aromatic heterocycles. The fourth-order valence-corrected chi connectivity index (χ4v) is 2.28. The van der Waals surface area contributed by atoms with Crippen molar-refractivity contribution in [2.45, 2.75) is 0 Å². The van der Waals surface area contributed by atoms with E-state index in [0.29, 0.717) is 11.0 Å². The quantitative estimate of drug-likeness (QED) is 0.667. The first-order valence-electron chi connectivity index (χ1n) is 5.45. The predicted molar refractivity (Wildman–Crippen MR) is 70.9 cm³/mol. The number of hydrogen-bond acceptors (Lipinski definition) is 2. The first-order chi connectivity index (χ1) is 9.09. The monoisotopic (exact) mass is 279 g/mol. The van der Waals surface area contributed by atoms with Crippen molar-refractivity contribution < 1.29 is 8.78 Å². The van der Waals surface area contributed by atoms with Gasteiger partial charge in [-0.15, -0.1) is 0 Å². The molecule has 6 heteroatoms. The zero-order valence-electron chi connectivity index (χ0n) is 9.55. The van der Waals surface area contributed by atoms with E-state index in [0.717, 1.165) is 6.07 Å². The molecule has 0 bridgehead atoms. The molecule has 3 aromatic rings. The van der Waals surface area contributed by atoms with Gasteiger partial charge in [-0.2, -0.15) is 0 Å². The van der Waals surface area contributed by atoms with Gasteiger partial charge in [0.15, 0.2) is 5.82 Å². The smallest absolute Gasteiger partial charge is 0.156 e. The van der Waals surface area contributed by atoms with E-state index in [1.165, 1.54) is 12.3 Å². The van der Waals surface area contributed by atoms with Gasteiger partial charge in [-0.1, -0.05) is 11.6 Å². The number of hydrogen-bond donors (Lipinski definition) is 2. The molecule has 0 aliphatic rings. The number of H-pyrrole nitrogens is 1. The molecule has 0 amide bonds. The van der Waals surface area contributed by atoms with Crippen LogP contribution in [0.15, 0.2) is 30.6 Å². The summed E-state index contributed by atoms with van der Waals surface area (Å²) < 4.78 is 28.1. The number of nitrogens with one attached hydrogen (secondary N) is 1. The van der Waals surface area contributed by atoms with Crippen molar-refractivity contribution in [2.24, 2.45) is 0 Å². The number of nitrogens with zero attached hydrogens (tertiary/aromatic N) is 1. The van der Waals surface area contributed by atoms with Gasteiger partial charge in [-0.05, 0) is 18.2 Å². The maximum Gasteiger partial charge on any atom is 0.156 e. The lowest BCUT2D eigenvalue weighted by molar-refractivity contribution is 0.593. The van der Waals surface area contributed by atoms with Crippen molar-refractivity contribution in [1.29, 1.82) is 0 Å². The average Bonchev–Trinajstić information content (AvgIpc) is 2.85. The first-order valence-corrected chi connectivity index (χ1v) is 5.83. The molecule has 2 heterocycles. The number of rotatable bonds is 1. The minimum atomic E-state index is -0.824. The Morgan fingerprint density at radius 2 is 1.95 bits per heavy atom. The number of aromatic nitrogens is 2. The van der Waals surface area contributed by atoms with Crippen LogP contribution >= 0.6 is 11.6 Å². The molecule has 0 saturated carbocycles. The van der Waals surface area contributed by atoms with Crippen LogP contribution < -0.4 is 5.73 Å². The van der Waals surface area contributed by atoms with E-state index in [1.54, 1.807) is 12.3 Å². The van der Waals surface area contributed by atoms with Gasteiger partial charge in [-0.25, -0.2) is 13.8 Å². The van der Waals surface area contributed by atoms with Gasteiger partial charge in [0.05, 0.1) is 16.3 Å². The van der Waals surface area contributed by atoms with Crippen LogP contribution in [0.3, 0.4) is 0 Å². The summed E-state index contributed by atoms with van der Waals surface area (Å²) in [5.74, 6) is -1.54. The highest BCUT2D eigenvalue weighted by Gasteiger charge is 2.20.